The van der Waals surface area contributed by atoms with Gasteiger partial charge in [-0.2, -0.15) is 0 Å². The van der Waals surface area contributed by atoms with Crippen LogP contribution in [0.5, 0.6) is 0 Å². The first-order chi connectivity index (χ1) is 11.9. The van der Waals surface area contributed by atoms with Crippen molar-refractivity contribution in [1.82, 2.24) is 0 Å². The van der Waals surface area contributed by atoms with Crippen molar-refractivity contribution >= 4 is 49.2 Å². The van der Waals surface area contributed by atoms with Gasteiger partial charge in [-0.25, -0.2) is 0 Å². The van der Waals surface area contributed by atoms with E-state index in [4.69, 9.17) is 5.11 Å². The van der Waals surface area contributed by atoms with Crippen LogP contribution in [0.1, 0.15) is 27.6 Å². The van der Waals surface area contributed by atoms with E-state index in [1.807, 2.05) is 0 Å². The fourth-order valence-electron chi connectivity index (χ4n) is 2.07. The fraction of sp³-hybridized carbons (Fsp3) is 0.111. The van der Waals surface area contributed by atoms with Crippen molar-refractivity contribution in [3.05, 3.63) is 59.7 Å². The van der Waals surface area contributed by atoms with Gasteiger partial charge in [-0.3, -0.25) is 0 Å². The zero-order valence-electron chi connectivity index (χ0n) is 13.3. The number of ketones is 1. The van der Waals surface area contributed by atoms with Crippen LogP contribution in [0.2, 0.25) is 5.32 Å². The molecule has 128 valence electrons. The molecule has 0 saturated heterocycles. The van der Waals surface area contributed by atoms with E-state index in [9.17, 15) is 19.2 Å². The number of anilines is 1. The molecule has 0 aromatic heterocycles. The number of carbonyl (C=O) groups excluding carboxylic acids is 3. The Morgan fingerprint density at radius 2 is 1.72 bits per heavy atom. The zero-order valence-corrected chi connectivity index (χ0v) is 15.1. The Hall–Kier alpha value is -2.76. The number of imide groups is 1. The predicted molar refractivity (Wildman–Crippen MR) is 93.6 cm³/mol. The van der Waals surface area contributed by atoms with Gasteiger partial charge < -0.3 is 0 Å². The van der Waals surface area contributed by atoms with E-state index in [1.165, 1.54) is 31.2 Å². The second-order valence-corrected chi connectivity index (χ2v) is 7.25. The molecule has 0 spiro atoms. The number of Topliss-reactive ketones (excluding diaryl/α,β-unsaturated/α-hetero) is 1. The number of amides is 2. The standard InChI is InChI=1S/C18H15NO5Se/c1-12(21)10-25-16-5-3-2-4-15(16)17(22)19(11-20)14-8-6-13(7-9-14)18(23)24/h2-9,11H,10H2,1H3,(H,23,24). The van der Waals surface area contributed by atoms with Gasteiger partial charge in [-0.15, -0.1) is 0 Å². The van der Waals surface area contributed by atoms with Crippen LogP contribution in [0.4, 0.5) is 5.69 Å². The van der Waals surface area contributed by atoms with Gasteiger partial charge in [-0.1, -0.05) is 0 Å². The number of carbonyl (C=O) groups is 4. The average molecular weight is 404 g/mol. The number of nitrogens with zero attached hydrogens (tertiary/aromatic N) is 1. The SMILES string of the molecule is CC(=O)C[Se]c1ccccc1C(=O)N(C=O)c1ccc(C(=O)O)cc1. The summed E-state index contributed by atoms with van der Waals surface area (Å²) in [4.78, 5) is 47.3. The molecule has 0 saturated carbocycles. The molecule has 0 unspecified atom stereocenters. The molecule has 0 atom stereocenters. The Balaban J connectivity index is 2.32. The summed E-state index contributed by atoms with van der Waals surface area (Å²) in [6, 6.07) is 12.3. The van der Waals surface area contributed by atoms with Crippen molar-refractivity contribution in [2.24, 2.45) is 0 Å². The number of hydrogen-bond acceptors (Lipinski definition) is 4. The molecule has 2 amide bonds. The molecule has 6 nitrogen and oxygen atoms in total. The third-order valence-corrected chi connectivity index (χ3v) is 5.82. The molecule has 0 bridgehead atoms. The van der Waals surface area contributed by atoms with Gasteiger partial charge in [0.25, 0.3) is 0 Å². The summed E-state index contributed by atoms with van der Waals surface area (Å²) in [5, 5.41) is 9.29. The molecule has 0 aliphatic heterocycles. The van der Waals surface area contributed by atoms with Gasteiger partial charge >= 0.3 is 150 Å². The molecule has 1 N–H and O–H groups in total. The number of carboxylic acid groups (broad SMARTS) is 1. The maximum atomic E-state index is 12.8. The van der Waals surface area contributed by atoms with Crippen molar-refractivity contribution < 1.29 is 24.3 Å². The minimum absolute atomic E-state index is 0.0405. The summed E-state index contributed by atoms with van der Waals surface area (Å²) >= 11 is -0.209. The molecule has 2 aromatic rings. The predicted octanol–water partition coefficient (Wildman–Crippen LogP) is 1.52. The molecule has 7 heteroatoms. The van der Waals surface area contributed by atoms with E-state index < -0.39 is 11.9 Å². The first-order valence-electron chi connectivity index (χ1n) is 7.27. The van der Waals surface area contributed by atoms with Gasteiger partial charge in [0.15, 0.2) is 0 Å². The summed E-state index contributed by atoms with van der Waals surface area (Å²) in [7, 11) is 0. The van der Waals surface area contributed by atoms with Crippen molar-refractivity contribution in [2.45, 2.75) is 12.2 Å². The molecule has 0 aliphatic carbocycles. The molecule has 0 aliphatic rings. The Morgan fingerprint density at radius 1 is 1.08 bits per heavy atom. The third kappa shape index (κ3) is 4.62. The van der Waals surface area contributed by atoms with E-state index in [0.717, 1.165) is 9.36 Å². The monoisotopic (exact) mass is 405 g/mol. The van der Waals surface area contributed by atoms with Crippen LogP contribution >= 0.6 is 0 Å². The molecule has 0 heterocycles. The molecular weight excluding hydrogens is 389 g/mol. The quantitative estimate of drug-likeness (QED) is 0.558. The van der Waals surface area contributed by atoms with Crippen LogP contribution in [0, 0.1) is 0 Å². The molecule has 2 aromatic carbocycles. The summed E-state index contributed by atoms with van der Waals surface area (Å²) in [5.74, 6) is -1.56. The normalized spacial score (nSPS) is 10.1. The van der Waals surface area contributed by atoms with Crippen LogP contribution in [-0.2, 0) is 9.59 Å². The van der Waals surface area contributed by atoms with Crippen LogP contribution < -0.4 is 9.36 Å². The van der Waals surface area contributed by atoms with Crippen LogP contribution in [-0.4, -0.2) is 44.1 Å². The van der Waals surface area contributed by atoms with Gasteiger partial charge in [0.05, 0.1) is 0 Å². The van der Waals surface area contributed by atoms with Crippen LogP contribution in [0.3, 0.4) is 0 Å². The van der Waals surface area contributed by atoms with Crippen molar-refractivity contribution in [2.75, 3.05) is 4.90 Å². The molecule has 0 fully saturated rings. The topological polar surface area (TPSA) is 91.8 Å². The van der Waals surface area contributed by atoms with Crippen molar-refractivity contribution in [3.8, 4) is 0 Å². The summed E-state index contributed by atoms with van der Waals surface area (Å²) < 4.78 is 0.740. The minimum atomic E-state index is -1.09. The Kier molecular flexibility index (Phi) is 6.22. The fourth-order valence-corrected chi connectivity index (χ4v) is 3.84. The summed E-state index contributed by atoms with van der Waals surface area (Å²) in [5.41, 5.74) is 0.698. The first kappa shape index (κ1) is 18.6. The number of aromatic carboxylic acids is 1. The van der Waals surface area contributed by atoms with E-state index in [0.29, 0.717) is 17.3 Å². The van der Waals surface area contributed by atoms with E-state index >= 15 is 0 Å². The molecule has 0 radical (unpaired) electrons. The van der Waals surface area contributed by atoms with Gasteiger partial charge in [-0.05, 0) is 0 Å². The van der Waals surface area contributed by atoms with E-state index in [-0.39, 0.29) is 32.0 Å². The van der Waals surface area contributed by atoms with Gasteiger partial charge in [0, 0.05) is 0 Å². The van der Waals surface area contributed by atoms with Crippen molar-refractivity contribution in [1.29, 1.82) is 0 Å². The van der Waals surface area contributed by atoms with Crippen LogP contribution in [0.25, 0.3) is 0 Å². The second-order valence-electron chi connectivity index (χ2n) is 5.12. The van der Waals surface area contributed by atoms with Crippen LogP contribution in [0.15, 0.2) is 48.5 Å². The number of hydrogen-bond donors (Lipinski definition) is 1. The second kappa shape index (κ2) is 8.37. The summed E-state index contributed by atoms with van der Waals surface area (Å²) in [6.07, 6.45) is 0.396. The molecular formula is C18H15NO5Se. The van der Waals surface area contributed by atoms with Crippen molar-refractivity contribution in [3.63, 3.8) is 0 Å². The maximum absolute atomic E-state index is 12.8. The average Bonchev–Trinajstić information content (AvgIpc) is 2.61. The van der Waals surface area contributed by atoms with E-state index in [2.05, 4.69) is 0 Å². The summed E-state index contributed by atoms with van der Waals surface area (Å²) in [6.45, 7) is 1.49. The number of benzene rings is 2. The number of rotatable bonds is 7. The van der Waals surface area contributed by atoms with Gasteiger partial charge in [0.1, 0.15) is 0 Å². The third-order valence-electron chi connectivity index (χ3n) is 3.27. The number of carboxylic acids is 1. The van der Waals surface area contributed by atoms with Gasteiger partial charge in [0.2, 0.25) is 0 Å². The zero-order chi connectivity index (χ0) is 18.4. The Bertz CT molecular complexity index is 816. The molecule has 25 heavy (non-hydrogen) atoms. The molecule has 2 rings (SSSR count). The Labute approximate surface area is 150 Å². The van der Waals surface area contributed by atoms with E-state index in [1.54, 1.807) is 24.3 Å². The Morgan fingerprint density at radius 3 is 2.28 bits per heavy atom. The first-order valence-corrected chi connectivity index (χ1v) is 9.34.